The van der Waals surface area contributed by atoms with Gasteiger partial charge in [0.1, 0.15) is 5.76 Å². The Morgan fingerprint density at radius 1 is 1.39 bits per heavy atom. The Balaban J connectivity index is 2.14. The maximum absolute atomic E-state index is 11.2. The van der Waals surface area contributed by atoms with Gasteiger partial charge in [-0.3, -0.25) is 4.79 Å². The van der Waals surface area contributed by atoms with Gasteiger partial charge in [-0.25, -0.2) is 0 Å². The summed E-state index contributed by atoms with van der Waals surface area (Å²) in [5, 5.41) is 3.22. The van der Waals surface area contributed by atoms with Crippen molar-refractivity contribution in [3.05, 3.63) is 51.9 Å². The standard InChI is InChI=1S/C13H13BrN2O2/c1-8-10(13(15)17)3-2-4-11(8)16-7-9-5-6-12(14)18-9/h2-6,16H,7H2,1H3,(H2,15,17). The van der Waals surface area contributed by atoms with E-state index in [2.05, 4.69) is 21.2 Å². The predicted molar refractivity (Wildman–Crippen MR) is 73.4 cm³/mol. The molecule has 0 saturated heterocycles. The van der Waals surface area contributed by atoms with Crippen LogP contribution >= 0.6 is 15.9 Å². The maximum Gasteiger partial charge on any atom is 0.249 e. The van der Waals surface area contributed by atoms with E-state index in [0.29, 0.717) is 16.8 Å². The zero-order valence-corrected chi connectivity index (χ0v) is 11.5. The molecule has 3 N–H and O–H groups in total. The highest BCUT2D eigenvalue weighted by molar-refractivity contribution is 9.10. The molecule has 2 aromatic rings. The number of nitrogens with two attached hydrogens (primary N) is 1. The lowest BCUT2D eigenvalue weighted by atomic mass is 10.1. The number of nitrogens with one attached hydrogen (secondary N) is 1. The van der Waals surface area contributed by atoms with Crippen molar-refractivity contribution in [1.82, 2.24) is 0 Å². The summed E-state index contributed by atoms with van der Waals surface area (Å²) in [4.78, 5) is 11.2. The second-order valence-corrected chi connectivity index (χ2v) is 4.68. The summed E-state index contributed by atoms with van der Waals surface area (Å²) in [7, 11) is 0. The van der Waals surface area contributed by atoms with E-state index < -0.39 is 5.91 Å². The summed E-state index contributed by atoms with van der Waals surface area (Å²) in [6.45, 7) is 2.41. The molecule has 0 radical (unpaired) electrons. The number of benzene rings is 1. The van der Waals surface area contributed by atoms with Crippen molar-refractivity contribution in [1.29, 1.82) is 0 Å². The van der Waals surface area contributed by atoms with Crippen molar-refractivity contribution >= 4 is 27.5 Å². The predicted octanol–water partition coefficient (Wildman–Crippen LogP) is 3.06. The van der Waals surface area contributed by atoms with Gasteiger partial charge in [-0.1, -0.05) is 6.07 Å². The summed E-state index contributed by atoms with van der Waals surface area (Å²) in [5.74, 6) is 0.391. The number of anilines is 1. The average molecular weight is 309 g/mol. The molecule has 0 aliphatic rings. The monoisotopic (exact) mass is 308 g/mol. The van der Waals surface area contributed by atoms with E-state index in [-0.39, 0.29) is 0 Å². The molecule has 1 heterocycles. The van der Waals surface area contributed by atoms with E-state index in [4.69, 9.17) is 10.2 Å². The number of carbonyl (C=O) groups excluding carboxylic acids is 1. The van der Waals surface area contributed by atoms with Gasteiger partial charge >= 0.3 is 0 Å². The van der Waals surface area contributed by atoms with E-state index >= 15 is 0 Å². The molecule has 0 unspecified atom stereocenters. The Hall–Kier alpha value is -1.75. The van der Waals surface area contributed by atoms with Gasteiger partial charge in [-0.15, -0.1) is 0 Å². The molecule has 0 bridgehead atoms. The minimum atomic E-state index is -0.420. The lowest BCUT2D eigenvalue weighted by Gasteiger charge is -2.10. The topological polar surface area (TPSA) is 68.3 Å². The second kappa shape index (κ2) is 5.27. The number of hydrogen-bond acceptors (Lipinski definition) is 3. The number of rotatable bonds is 4. The third kappa shape index (κ3) is 2.73. The first-order valence-electron chi connectivity index (χ1n) is 5.45. The summed E-state index contributed by atoms with van der Waals surface area (Å²) >= 11 is 3.25. The maximum atomic E-state index is 11.2. The Kier molecular flexibility index (Phi) is 3.72. The molecule has 94 valence electrons. The molecule has 5 heteroatoms. The summed E-state index contributed by atoms with van der Waals surface area (Å²) < 4.78 is 6.08. The van der Waals surface area contributed by atoms with Gasteiger partial charge < -0.3 is 15.5 Å². The van der Waals surface area contributed by atoms with Crippen molar-refractivity contribution in [2.45, 2.75) is 13.5 Å². The van der Waals surface area contributed by atoms with Crippen LogP contribution in [0.4, 0.5) is 5.69 Å². The van der Waals surface area contributed by atoms with Crippen LogP contribution in [0, 0.1) is 6.92 Å². The third-order valence-corrected chi connectivity index (χ3v) is 3.11. The smallest absolute Gasteiger partial charge is 0.249 e. The molecule has 18 heavy (non-hydrogen) atoms. The molecule has 0 fully saturated rings. The van der Waals surface area contributed by atoms with Gasteiger partial charge in [0.25, 0.3) is 0 Å². The van der Waals surface area contributed by atoms with Gasteiger partial charge in [0.15, 0.2) is 4.67 Å². The van der Waals surface area contributed by atoms with Gasteiger partial charge in [-0.2, -0.15) is 0 Å². The van der Waals surface area contributed by atoms with E-state index in [1.807, 2.05) is 25.1 Å². The first kappa shape index (κ1) is 12.7. The Bertz CT molecular complexity index is 578. The zero-order valence-electron chi connectivity index (χ0n) is 9.87. The molecule has 0 saturated carbocycles. The molecular formula is C13H13BrN2O2. The fraction of sp³-hybridized carbons (Fsp3) is 0.154. The van der Waals surface area contributed by atoms with Crippen molar-refractivity contribution in [3.8, 4) is 0 Å². The van der Waals surface area contributed by atoms with E-state index in [1.165, 1.54) is 0 Å². The fourth-order valence-electron chi connectivity index (χ4n) is 1.72. The Morgan fingerprint density at radius 2 is 2.17 bits per heavy atom. The number of hydrogen-bond donors (Lipinski definition) is 2. The average Bonchev–Trinajstić information content (AvgIpc) is 2.73. The SMILES string of the molecule is Cc1c(NCc2ccc(Br)o2)cccc1C(N)=O. The number of primary amides is 1. The van der Waals surface area contributed by atoms with Crippen LogP contribution in [0.2, 0.25) is 0 Å². The molecule has 2 rings (SSSR count). The summed E-state index contributed by atoms with van der Waals surface area (Å²) in [6.07, 6.45) is 0. The largest absolute Gasteiger partial charge is 0.452 e. The normalized spacial score (nSPS) is 10.3. The summed E-state index contributed by atoms with van der Waals surface area (Å²) in [5.41, 5.74) is 7.55. The molecular weight excluding hydrogens is 296 g/mol. The van der Waals surface area contributed by atoms with Gasteiger partial charge in [-0.05, 0) is 52.7 Å². The van der Waals surface area contributed by atoms with Gasteiger partial charge in [0.05, 0.1) is 6.54 Å². The van der Waals surface area contributed by atoms with Crippen LogP contribution in [0.3, 0.4) is 0 Å². The molecule has 0 atom stereocenters. The molecule has 0 aliphatic carbocycles. The van der Waals surface area contributed by atoms with Crippen LogP contribution in [0.15, 0.2) is 39.4 Å². The number of furan rings is 1. The minimum Gasteiger partial charge on any atom is -0.452 e. The van der Waals surface area contributed by atoms with Crippen molar-refractivity contribution < 1.29 is 9.21 Å². The number of halogens is 1. The van der Waals surface area contributed by atoms with Crippen LogP contribution in [-0.2, 0) is 6.54 Å². The fourth-order valence-corrected chi connectivity index (χ4v) is 2.06. The molecule has 1 amide bonds. The molecule has 4 nitrogen and oxygen atoms in total. The highest BCUT2D eigenvalue weighted by Gasteiger charge is 2.08. The van der Waals surface area contributed by atoms with Crippen molar-refractivity contribution in [2.24, 2.45) is 5.73 Å². The zero-order chi connectivity index (χ0) is 13.1. The van der Waals surface area contributed by atoms with Crippen molar-refractivity contribution in [2.75, 3.05) is 5.32 Å². The van der Waals surface area contributed by atoms with Crippen LogP contribution in [0.5, 0.6) is 0 Å². The second-order valence-electron chi connectivity index (χ2n) is 3.90. The van der Waals surface area contributed by atoms with E-state index in [1.54, 1.807) is 12.1 Å². The quantitative estimate of drug-likeness (QED) is 0.912. The van der Waals surface area contributed by atoms with E-state index in [0.717, 1.165) is 17.0 Å². The molecule has 1 aromatic carbocycles. The molecule has 0 spiro atoms. The number of carbonyl (C=O) groups is 1. The lowest BCUT2D eigenvalue weighted by molar-refractivity contribution is 0.1000. The lowest BCUT2D eigenvalue weighted by Crippen LogP contribution is -2.13. The summed E-state index contributed by atoms with van der Waals surface area (Å²) in [6, 6.07) is 9.13. The number of amides is 1. The van der Waals surface area contributed by atoms with Gasteiger partial charge in [0.2, 0.25) is 5.91 Å². The molecule has 0 aliphatic heterocycles. The first-order valence-corrected chi connectivity index (χ1v) is 6.24. The van der Waals surface area contributed by atoms with Crippen LogP contribution in [0.1, 0.15) is 21.7 Å². The first-order chi connectivity index (χ1) is 8.58. The Labute approximate surface area is 113 Å². The van der Waals surface area contributed by atoms with Crippen LogP contribution in [0.25, 0.3) is 0 Å². The van der Waals surface area contributed by atoms with Crippen LogP contribution < -0.4 is 11.1 Å². The highest BCUT2D eigenvalue weighted by atomic mass is 79.9. The Morgan fingerprint density at radius 3 is 2.78 bits per heavy atom. The van der Waals surface area contributed by atoms with Gasteiger partial charge in [0, 0.05) is 11.3 Å². The van der Waals surface area contributed by atoms with E-state index in [9.17, 15) is 4.79 Å². The molecule has 1 aromatic heterocycles. The van der Waals surface area contributed by atoms with Crippen LogP contribution in [-0.4, -0.2) is 5.91 Å². The minimum absolute atomic E-state index is 0.420. The van der Waals surface area contributed by atoms with Crippen molar-refractivity contribution in [3.63, 3.8) is 0 Å². The highest BCUT2D eigenvalue weighted by Crippen LogP contribution is 2.20. The third-order valence-electron chi connectivity index (χ3n) is 2.68.